The topological polar surface area (TPSA) is 42.5 Å². The number of anilines is 1. The van der Waals surface area contributed by atoms with Crippen molar-refractivity contribution in [1.29, 1.82) is 0 Å². The Hall–Kier alpha value is -1.98. The molecule has 0 aliphatic heterocycles. The van der Waals surface area contributed by atoms with Gasteiger partial charge in [-0.15, -0.1) is 0 Å². The van der Waals surface area contributed by atoms with Gasteiger partial charge in [0, 0.05) is 6.54 Å². The van der Waals surface area contributed by atoms with Crippen molar-refractivity contribution in [1.82, 2.24) is 5.32 Å². The molecule has 24 heavy (non-hydrogen) atoms. The molecule has 0 aliphatic rings. The van der Waals surface area contributed by atoms with Crippen molar-refractivity contribution in [2.24, 2.45) is 0 Å². The Kier molecular flexibility index (Phi) is 6.29. The number of hydrogen-bond acceptors (Lipinski definition) is 3. The van der Waals surface area contributed by atoms with Gasteiger partial charge in [-0.25, -0.2) is 0 Å². The van der Waals surface area contributed by atoms with Crippen LogP contribution in [0.2, 0.25) is 5.02 Å². The third-order valence-electron chi connectivity index (χ3n) is 3.57. The molecule has 2 N–H and O–H groups in total. The molecule has 2 aromatic carbocycles. The van der Waals surface area contributed by atoms with Crippen LogP contribution in [0.4, 0.5) is 5.69 Å². The highest BCUT2D eigenvalue weighted by Gasteiger charge is 2.08. The van der Waals surface area contributed by atoms with Gasteiger partial charge in [0.05, 0.1) is 24.9 Å². The third-order valence-corrected chi connectivity index (χ3v) is 4.12. The van der Waals surface area contributed by atoms with Gasteiger partial charge < -0.3 is 20.1 Å². The van der Waals surface area contributed by atoms with Gasteiger partial charge >= 0.3 is 0 Å². The van der Waals surface area contributed by atoms with Crippen LogP contribution < -0.4 is 20.1 Å². The summed E-state index contributed by atoms with van der Waals surface area (Å²) in [6.45, 7) is 4.57. The van der Waals surface area contributed by atoms with E-state index in [1.807, 2.05) is 38.1 Å². The first-order chi connectivity index (χ1) is 11.4. The summed E-state index contributed by atoms with van der Waals surface area (Å²) in [6, 6.07) is 9.71. The molecular weight excluding hydrogens is 344 g/mol. The highest BCUT2D eigenvalue weighted by molar-refractivity contribution is 7.80. The fraction of sp³-hybridized carbons (Fsp3) is 0.278. The first-order valence-electron chi connectivity index (χ1n) is 7.47. The molecule has 0 radical (unpaired) electrons. The molecule has 0 aliphatic carbocycles. The molecule has 0 fully saturated rings. The summed E-state index contributed by atoms with van der Waals surface area (Å²) in [4.78, 5) is 0. The number of rotatable bonds is 5. The van der Waals surface area contributed by atoms with E-state index in [0.29, 0.717) is 28.2 Å². The second kappa shape index (κ2) is 8.22. The van der Waals surface area contributed by atoms with Gasteiger partial charge in [0.15, 0.2) is 16.6 Å². The van der Waals surface area contributed by atoms with Crippen LogP contribution in [0.5, 0.6) is 11.5 Å². The van der Waals surface area contributed by atoms with Crippen LogP contribution in [0.15, 0.2) is 30.3 Å². The van der Waals surface area contributed by atoms with E-state index in [-0.39, 0.29) is 0 Å². The number of nitrogens with one attached hydrogen (secondary N) is 2. The smallest absolute Gasteiger partial charge is 0.171 e. The van der Waals surface area contributed by atoms with E-state index in [2.05, 4.69) is 16.7 Å². The van der Waals surface area contributed by atoms with Crippen LogP contribution in [0.1, 0.15) is 16.7 Å². The third kappa shape index (κ3) is 4.52. The molecule has 0 unspecified atom stereocenters. The highest BCUT2D eigenvalue weighted by Crippen LogP contribution is 2.28. The van der Waals surface area contributed by atoms with Crippen molar-refractivity contribution in [2.45, 2.75) is 20.4 Å². The summed E-state index contributed by atoms with van der Waals surface area (Å²) in [7, 11) is 3.23. The second-order valence-corrected chi connectivity index (χ2v) is 6.25. The lowest BCUT2D eigenvalue weighted by molar-refractivity contribution is 0.354. The van der Waals surface area contributed by atoms with Gasteiger partial charge in [-0.2, -0.15) is 0 Å². The van der Waals surface area contributed by atoms with Gasteiger partial charge in [-0.3, -0.25) is 0 Å². The van der Waals surface area contributed by atoms with Crippen molar-refractivity contribution in [3.05, 3.63) is 52.0 Å². The average molecular weight is 365 g/mol. The minimum absolute atomic E-state index is 0.513. The first kappa shape index (κ1) is 18.4. The summed E-state index contributed by atoms with van der Waals surface area (Å²) in [6.07, 6.45) is 0. The Morgan fingerprint density at radius 2 is 1.79 bits per heavy atom. The minimum Gasteiger partial charge on any atom is -0.493 e. The van der Waals surface area contributed by atoms with Gasteiger partial charge in [0.25, 0.3) is 0 Å². The molecule has 0 spiro atoms. The molecule has 0 saturated carbocycles. The van der Waals surface area contributed by atoms with Crippen molar-refractivity contribution in [3.8, 4) is 11.5 Å². The van der Waals surface area contributed by atoms with E-state index in [1.165, 1.54) is 0 Å². The molecule has 4 nitrogen and oxygen atoms in total. The summed E-state index contributed by atoms with van der Waals surface area (Å²) in [5.74, 6) is 1.39. The predicted molar refractivity (Wildman–Crippen MR) is 104 cm³/mol. The molecule has 0 amide bonds. The first-order valence-corrected chi connectivity index (χ1v) is 8.25. The Bertz CT molecular complexity index is 727. The van der Waals surface area contributed by atoms with Crippen LogP contribution in [0.25, 0.3) is 0 Å². The van der Waals surface area contributed by atoms with Crippen LogP contribution in [0.3, 0.4) is 0 Å². The second-order valence-electron chi connectivity index (χ2n) is 5.44. The molecule has 0 aromatic heterocycles. The summed E-state index contributed by atoms with van der Waals surface area (Å²) in [5.41, 5.74) is 4.03. The van der Waals surface area contributed by atoms with Crippen molar-refractivity contribution in [3.63, 3.8) is 0 Å². The van der Waals surface area contributed by atoms with E-state index in [1.54, 1.807) is 14.2 Å². The monoisotopic (exact) mass is 364 g/mol. The average Bonchev–Trinajstić information content (AvgIpc) is 2.55. The number of hydrogen-bond donors (Lipinski definition) is 2. The lowest BCUT2D eigenvalue weighted by atomic mass is 10.1. The van der Waals surface area contributed by atoms with Gasteiger partial charge in [0.2, 0.25) is 0 Å². The molecule has 2 rings (SSSR count). The molecule has 0 heterocycles. The number of halogens is 1. The van der Waals surface area contributed by atoms with E-state index in [9.17, 15) is 0 Å². The Morgan fingerprint density at radius 1 is 1.08 bits per heavy atom. The van der Waals surface area contributed by atoms with Crippen LogP contribution in [0, 0.1) is 13.8 Å². The zero-order chi connectivity index (χ0) is 17.7. The van der Waals surface area contributed by atoms with Crippen molar-refractivity contribution in [2.75, 3.05) is 19.5 Å². The normalized spacial score (nSPS) is 10.2. The Labute approximate surface area is 153 Å². The molecule has 0 bridgehead atoms. The van der Waals surface area contributed by atoms with Crippen LogP contribution >= 0.6 is 23.8 Å². The Morgan fingerprint density at radius 3 is 2.42 bits per heavy atom. The summed E-state index contributed by atoms with van der Waals surface area (Å²) < 4.78 is 10.5. The number of aryl methyl sites for hydroxylation is 2. The largest absolute Gasteiger partial charge is 0.493 e. The Balaban J connectivity index is 2.01. The number of ether oxygens (including phenoxy) is 2. The van der Waals surface area contributed by atoms with E-state index in [4.69, 9.17) is 33.3 Å². The maximum atomic E-state index is 6.29. The lowest BCUT2D eigenvalue weighted by Crippen LogP contribution is -2.28. The molecule has 6 heteroatoms. The molecular formula is C18H21ClN2O2S. The van der Waals surface area contributed by atoms with Crippen LogP contribution in [-0.2, 0) is 6.54 Å². The fourth-order valence-corrected chi connectivity index (χ4v) is 2.95. The highest BCUT2D eigenvalue weighted by atomic mass is 35.5. The number of thiocarbonyl (C=S) groups is 1. The van der Waals surface area contributed by atoms with Gasteiger partial charge in [-0.1, -0.05) is 23.7 Å². The zero-order valence-corrected chi connectivity index (χ0v) is 15.8. The quantitative estimate of drug-likeness (QED) is 0.767. The van der Waals surface area contributed by atoms with Crippen molar-refractivity contribution < 1.29 is 9.47 Å². The van der Waals surface area contributed by atoms with Gasteiger partial charge in [-0.05, 0) is 61.0 Å². The maximum Gasteiger partial charge on any atom is 0.171 e. The standard InChI is InChI=1S/C18H21ClN2O2S/c1-11-7-12(2)17(14(19)8-11)21-18(24)20-10-13-5-6-15(22-3)16(9-13)23-4/h5-9H,10H2,1-4H3,(H2,20,21,24). The summed E-state index contributed by atoms with van der Waals surface area (Å²) in [5, 5.41) is 7.50. The predicted octanol–water partition coefficient (Wildman–Crippen LogP) is 4.46. The van der Waals surface area contributed by atoms with E-state index >= 15 is 0 Å². The molecule has 0 atom stereocenters. The van der Waals surface area contributed by atoms with Crippen LogP contribution in [-0.4, -0.2) is 19.3 Å². The van der Waals surface area contributed by atoms with Crippen molar-refractivity contribution >= 4 is 34.6 Å². The number of benzene rings is 2. The zero-order valence-electron chi connectivity index (χ0n) is 14.2. The molecule has 128 valence electrons. The molecule has 0 saturated heterocycles. The number of methoxy groups -OCH3 is 2. The van der Waals surface area contributed by atoms with Gasteiger partial charge in [0.1, 0.15) is 0 Å². The lowest BCUT2D eigenvalue weighted by Gasteiger charge is -2.15. The SMILES string of the molecule is COc1ccc(CNC(=S)Nc2c(C)cc(C)cc2Cl)cc1OC. The maximum absolute atomic E-state index is 6.29. The van der Waals surface area contributed by atoms with E-state index in [0.717, 1.165) is 22.4 Å². The summed E-state index contributed by atoms with van der Waals surface area (Å²) >= 11 is 11.6. The minimum atomic E-state index is 0.513. The molecule has 2 aromatic rings. The fourth-order valence-electron chi connectivity index (χ4n) is 2.40. The van der Waals surface area contributed by atoms with E-state index < -0.39 is 0 Å².